The second-order valence-corrected chi connectivity index (χ2v) is 9.88. The van der Waals surface area contributed by atoms with Gasteiger partial charge in [-0.05, 0) is 31.2 Å². The molecule has 0 saturated carbocycles. The molecule has 0 fully saturated rings. The number of alkyl halides is 2. The summed E-state index contributed by atoms with van der Waals surface area (Å²) in [6.45, 7) is 2.02. The molecule has 32 heavy (non-hydrogen) atoms. The average molecular weight is 588 g/mol. The molecule has 0 aromatic heterocycles. The first-order chi connectivity index (χ1) is 15.3. The quantitative estimate of drug-likeness (QED) is 0.103. The van der Waals surface area contributed by atoms with Gasteiger partial charge in [0.05, 0.1) is 6.61 Å². The average Bonchev–Trinajstić information content (AvgIpc) is 2.80. The molecule has 1 rings (SSSR count). The molecule has 2 nitrogen and oxygen atoms in total. The Morgan fingerprint density at radius 1 is 0.594 bits per heavy atom. The SMILES string of the molecule is BrCCCCCCCCCCOCc1ccccc1.OCCCCCCCCCCBr.[H-].[Na+]. The fourth-order valence-electron chi connectivity index (χ4n) is 3.39. The van der Waals surface area contributed by atoms with E-state index < -0.39 is 0 Å². The molecule has 1 N–H and O–H groups in total. The van der Waals surface area contributed by atoms with Crippen LogP contribution in [0.5, 0.6) is 0 Å². The van der Waals surface area contributed by atoms with Crippen molar-refractivity contribution in [2.45, 2.75) is 109 Å². The van der Waals surface area contributed by atoms with Crippen LogP contribution in [0.15, 0.2) is 30.3 Å². The second-order valence-electron chi connectivity index (χ2n) is 8.30. The first-order valence-electron chi connectivity index (χ1n) is 12.7. The Bertz CT molecular complexity index is 431. The number of aliphatic hydroxyl groups is 1. The maximum Gasteiger partial charge on any atom is 1.00 e. The molecule has 1 aromatic rings. The molecular formula is C27H49Br2NaO2. The number of unbranched alkanes of at least 4 members (excludes halogenated alkanes) is 14. The van der Waals surface area contributed by atoms with Crippen LogP contribution in [0, 0.1) is 0 Å². The van der Waals surface area contributed by atoms with Crippen LogP contribution in [0.2, 0.25) is 0 Å². The Hall–Kier alpha value is 1.10. The topological polar surface area (TPSA) is 29.5 Å². The summed E-state index contributed by atoms with van der Waals surface area (Å²) < 4.78 is 5.67. The molecule has 0 saturated heterocycles. The molecule has 184 valence electrons. The van der Waals surface area contributed by atoms with E-state index in [4.69, 9.17) is 9.84 Å². The van der Waals surface area contributed by atoms with Gasteiger partial charge in [0.1, 0.15) is 0 Å². The molecule has 0 spiro atoms. The Morgan fingerprint density at radius 3 is 1.44 bits per heavy atom. The van der Waals surface area contributed by atoms with Gasteiger partial charge in [0.15, 0.2) is 0 Å². The zero-order valence-corrected chi connectivity index (χ0v) is 26.0. The van der Waals surface area contributed by atoms with Gasteiger partial charge in [-0.15, -0.1) is 0 Å². The Labute approximate surface area is 240 Å². The fourth-order valence-corrected chi connectivity index (χ4v) is 4.18. The molecule has 5 heteroatoms. The minimum Gasteiger partial charge on any atom is -1.00 e. The number of halogens is 2. The van der Waals surface area contributed by atoms with E-state index in [0.717, 1.165) is 30.3 Å². The van der Waals surface area contributed by atoms with E-state index >= 15 is 0 Å². The van der Waals surface area contributed by atoms with Crippen molar-refractivity contribution >= 4 is 31.9 Å². The zero-order chi connectivity index (χ0) is 22.7. The second kappa shape index (κ2) is 32.1. The van der Waals surface area contributed by atoms with E-state index in [-0.39, 0.29) is 31.0 Å². The summed E-state index contributed by atoms with van der Waals surface area (Å²) in [7, 11) is 0. The first-order valence-corrected chi connectivity index (χ1v) is 14.9. The third-order valence-corrected chi connectivity index (χ3v) is 6.45. The number of ether oxygens (including phenoxy) is 1. The van der Waals surface area contributed by atoms with E-state index in [1.54, 1.807) is 0 Å². The van der Waals surface area contributed by atoms with Gasteiger partial charge in [-0.2, -0.15) is 0 Å². The van der Waals surface area contributed by atoms with Crippen molar-refractivity contribution in [1.82, 2.24) is 0 Å². The van der Waals surface area contributed by atoms with Crippen LogP contribution < -0.4 is 29.6 Å². The van der Waals surface area contributed by atoms with Gasteiger partial charge >= 0.3 is 29.6 Å². The van der Waals surface area contributed by atoms with Crippen LogP contribution in [0.3, 0.4) is 0 Å². The summed E-state index contributed by atoms with van der Waals surface area (Å²) in [4.78, 5) is 0. The third kappa shape index (κ3) is 29.1. The molecule has 0 heterocycles. The van der Waals surface area contributed by atoms with Crippen molar-refractivity contribution in [2.24, 2.45) is 0 Å². The summed E-state index contributed by atoms with van der Waals surface area (Å²) in [6.07, 6.45) is 21.1. The summed E-state index contributed by atoms with van der Waals surface area (Å²) in [6, 6.07) is 10.4. The summed E-state index contributed by atoms with van der Waals surface area (Å²) in [5, 5.41) is 10.8. The molecule has 0 aliphatic carbocycles. The van der Waals surface area contributed by atoms with Crippen LogP contribution in [-0.4, -0.2) is 29.0 Å². The predicted octanol–water partition coefficient (Wildman–Crippen LogP) is 6.33. The molecule has 0 atom stereocenters. The largest absolute Gasteiger partial charge is 1.00 e. The predicted molar refractivity (Wildman–Crippen MR) is 146 cm³/mol. The Morgan fingerprint density at radius 2 is 1.00 bits per heavy atom. The van der Waals surface area contributed by atoms with Gasteiger partial charge in [0.2, 0.25) is 0 Å². The van der Waals surface area contributed by atoms with E-state index in [1.165, 1.54) is 102 Å². The van der Waals surface area contributed by atoms with Crippen LogP contribution in [0.1, 0.15) is 110 Å². The van der Waals surface area contributed by atoms with Gasteiger partial charge in [0.25, 0.3) is 0 Å². The zero-order valence-electron chi connectivity index (χ0n) is 21.8. The number of hydrogen-bond acceptors (Lipinski definition) is 2. The summed E-state index contributed by atoms with van der Waals surface area (Å²) >= 11 is 6.90. The van der Waals surface area contributed by atoms with Gasteiger partial charge < -0.3 is 11.3 Å². The van der Waals surface area contributed by atoms with Crippen molar-refractivity contribution in [1.29, 1.82) is 0 Å². The van der Waals surface area contributed by atoms with E-state index in [9.17, 15) is 0 Å². The Kier molecular flexibility index (Phi) is 35.4. The van der Waals surface area contributed by atoms with Crippen molar-refractivity contribution in [3.63, 3.8) is 0 Å². The van der Waals surface area contributed by atoms with Gasteiger partial charge in [-0.25, -0.2) is 0 Å². The van der Waals surface area contributed by atoms with Crippen LogP contribution >= 0.6 is 31.9 Å². The van der Waals surface area contributed by atoms with Gasteiger partial charge in [-0.3, -0.25) is 0 Å². The van der Waals surface area contributed by atoms with E-state index in [0.29, 0.717) is 6.61 Å². The molecule has 0 amide bonds. The number of rotatable bonds is 21. The minimum absolute atomic E-state index is 0. The van der Waals surface area contributed by atoms with Crippen molar-refractivity contribution in [3.8, 4) is 0 Å². The van der Waals surface area contributed by atoms with Crippen LogP contribution in [0.25, 0.3) is 0 Å². The Balaban J connectivity index is -0.000000564. The van der Waals surface area contributed by atoms with E-state index in [1.807, 2.05) is 6.07 Å². The van der Waals surface area contributed by atoms with Crippen molar-refractivity contribution in [2.75, 3.05) is 23.9 Å². The third-order valence-electron chi connectivity index (χ3n) is 5.33. The normalized spacial score (nSPS) is 10.3. The van der Waals surface area contributed by atoms with Gasteiger partial charge in [0, 0.05) is 23.9 Å². The molecule has 0 radical (unpaired) electrons. The van der Waals surface area contributed by atoms with Crippen LogP contribution in [0.4, 0.5) is 0 Å². The molecule has 0 aliphatic heterocycles. The number of benzene rings is 1. The van der Waals surface area contributed by atoms with Crippen molar-refractivity contribution < 1.29 is 40.8 Å². The minimum atomic E-state index is 0. The summed E-state index contributed by atoms with van der Waals surface area (Å²) in [5.41, 5.74) is 1.27. The maximum atomic E-state index is 8.53. The molecular weight excluding hydrogens is 539 g/mol. The fraction of sp³-hybridized carbons (Fsp3) is 0.778. The molecule has 0 unspecified atom stereocenters. The molecule has 1 aromatic carbocycles. The van der Waals surface area contributed by atoms with Crippen LogP contribution in [-0.2, 0) is 11.3 Å². The standard InChI is InChI=1S/C17H27BrO.C10H21BrO.Na.H/c18-14-10-5-3-1-2-4-6-11-15-19-16-17-12-8-7-9-13-17;11-9-7-5-3-1-2-4-6-8-10-12;;/h7-9,12-13H,1-6,10-11,14-16H2;12H,1-10H2;;/q;;+1;-1. The molecule has 0 aliphatic rings. The summed E-state index contributed by atoms with van der Waals surface area (Å²) in [5.74, 6) is 0. The molecule has 0 bridgehead atoms. The van der Waals surface area contributed by atoms with Crippen molar-refractivity contribution in [3.05, 3.63) is 35.9 Å². The first kappa shape index (κ1) is 35.3. The maximum absolute atomic E-state index is 8.53. The smallest absolute Gasteiger partial charge is 1.00 e. The number of hydrogen-bond donors (Lipinski definition) is 1. The monoisotopic (exact) mass is 586 g/mol. The van der Waals surface area contributed by atoms with Gasteiger partial charge in [-0.1, -0.05) is 139 Å². The number of aliphatic hydroxyl groups excluding tert-OH is 1. The van der Waals surface area contributed by atoms with E-state index in [2.05, 4.69) is 56.1 Å².